The van der Waals surface area contributed by atoms with Crippen molar-refractivity contribution in [2.45, 2.75) is 44.2 Å². The van der Waals surface area contributed by atoms with E-state index in [9.17, 15) is 31.5 Å². The maximum Gasteiger partial charge on any atom is 0.315 e. The van der Waals surface area contributed by atoms with Crippen molar-refractivity contribution in [3.63, 3.8) is 0 Å². The number of rotatable bonds is 10. The molecule has 3 N–H and O–H groups in total. The maximum absolute atomic E-state index is 13.1. The summed E-state index contributed by atoms with van der Waals surface area (Å²) < 4.78 is 63.9. The third-order valence-electron chi connectivity index (χ3n) is 4.56. The van der Waals surface area contributed by atoms with E-state index in [0.717, 1.165) is 0 Å². The van der Waals surface area contributed by atoms with E-state index in [1.165, 1.54) is 12.1 Å². The minimum Gasteiger partial charge on any atom is -0.386 e. The molecule has 0 fully saturated rings. The molecule has 2 atom stereocenters. The summed E-state index contributed by atoms with van der Waals surface area (Å²) in [6.07, 6.45) is -3.26. The molecular weight excluding hydrogens is 435 g/mol. The zero-order valence-electron chi connectivity index (χ0n) is 16.9. The monoisotopic (exact) mass is 459 g/mol. The van der Waals surface area contributed by atoms with Crippen molar-refractivity contribution in [3.8, 4) is 11.1 Å². The van der Waals surface area contributed by atoms with Gasteiger partial charge in [0.2, 0.25) is 10.0 Å². The van der Waals surface area contributed by atoms with Gasteiger partial charge in [-0.05, 0) is 31.0 Å². The number of hydrogen-bond donors (Lipinski definition) is 3. The van der Waals surface area contributed by atoms with E-state index in [1.807, 2.05) is 0 Å². The first-order chi connectivity index (χ1) is 14.5. The lowest BCUT2D eigenvalue weighted by molar-refractivity contribution is -0.133. The number of hydrogen-bond acceptors (Lipinski definition) is 5. The zero-order chi connectivity index (χ0) is 23.2. The highest BCUT2D eigenvalue weighted by atomic mass is 32.2. The number of carbonyl (C=O) groups is 1. The number of nitrogens with one attached hydrogen (secondary N) is 2. The van der Waals surface area contributed by atoms with Crippen molar-refractivity contribution in [2.24, 2.45) is 0 Å². The number of sulfonamides is 1. The quantitative estimate of drug-likeness (QED) is 0.505. The molecule has 31 heavy (non-hydrogen) atoms. The first-order valence-corrected chi connectivity index (χ1v) is 11.0. The average Bonchev–Trinajstić information content (AvgIpc) is 2.75. The molecule has 0 aliphatic heterocycles. The van der Waals surface area contributed by atoms with Gasteiger partial charge in [0.05, 0.1) is 23.5 Å². The summed E-state index contributed by atoms with van der Waals surface area (Å²) in [7, 11) is -3.40. The number of benzene rings is 1. The fourth-order valence-corrected chi connectivity index (χ4v) is 3.28. The number of halogens is 3. The maximum atomic E-state index is 13.1. The Hall–Kier alpha value is -2.50. The van der Waals surface area contributed by atoms with E-state index < -0.39 is 46.4 Å². The van der Waals surface area contributed by atoms with Crippen LogP contribution in [-0.2, 0) is 21.4 Å². The lowest BCUT2D eigenvalue weighted by Crippen LogP contribution is -2.43. The van der Waals surface area contributed by atoms with Gasteiger partial charge in [-0.25, -0.2) is 17.5 Å². The number of carbonyl (C=O) groups excluding carboxylic acids is 1. The Morgan fingerprint density at radius 2 is 1.71 bits per heavy atom. The number of aliphatic hydroxyl groups is 1. The molecule has 1 aromatic carbocycles. The van der Waals surface area contributed by atoms with Crippen molar-refractivity contribution in [1.82, 2.24) is 15.0 Å². The van der Waals surface area contributed by atoms with Gasteiger partial charge in [0.25, 0.3) is 5.91 Å². The van der Waals surface area contributed by atoms with Crippen molar-refractivity contribution >= 4 is 15.9 Å². The molecule has 0 saturated carbocycles. The van der Waals surface area contributed by atoms with Gasteiger partial charge in [-0.2, -0.15) is 8.78 Å². The van der Waals surface area contributed by atoms with Gasteiger partial charge < -0.3 is 10.4 Å². The largest absolute Gasteiger partial charge is 0.386 e. The number of alkyl halides is 3. The summed E-state index contributed by atoms with van der Waals surface area (Å²) in [5.74, 6) is -1.65. The second kappa shape index (κ2) is 10.7. The van der Waals surface area contributed by atoms with Crippen LogP contribution in [0.3, 0.4) is 0 Å². The van der Waals surface area contributed by atoms with Crippen LogP contribution in [0.25, 0.3) is 11.1 Å². The topological polar surface area (TPSA) is 108 Å². The second-order valence-electron chi connectivity index (χ2n) is 7.09. The Morgan fingerprint density at radius 3 is 2.19 bits per heavy atom. The smallest absolute Gasteiger partial charge is 0.315 e. The molecule has 1 aromatic heterocycles. The Balaban J connectivity index is 2.06. The predicted octanol–water partition coefficient (Wildman–Crippen LogP) is 2.33. The normalized spacial score (nSPS) is 13.9. The van der Waals surface area contributed by atoms with Crippen LogP contribution in [0.2, 0.25) is 0 Å². The van der Waals surface area contributed by atoms with Crippen LogP contribution in [-0.4, -0.2) is 48.8 Å². The lowest BCUT2D eigenvalue weighted by atomic mass is 9.99. The molecule has 0 aliphatic rings. The van der Waals surface area contributed by atoms with Crippen LogP contribution < -0.4 is 10.0 Å². The minimum absolute atomic E-state index is 0.0564. The SMILES string of the molecule is CC(C)S(=O)(=O)NCc1ccc(-c2ccc([C@H](O)[C@@H](CF)NC(=O)C(F)F)cc2)cn1. The van der Waals surface area contributed by atoms with Gasteiger partial charge in [-0.3, -0.25) is 9.78 Å². The number of pyridine rings is 1. The molecule has 0 spiro atoms. The first kappa shape index (κ1) is 24.8. The zero-order valence-corrected chi connectivity index (χ0v) is 17.7. The summed E-state index contributed by atoms with van der Waals surface area (Å²) in [6, 6.07) is 8.14. The van der Waals surface area contributed by atoms with E-state index in [0.29, 0.717) is 16.8 Å². The summed E-state index contributed by atoms with van der Waals surface area (Å²) in [5, 5.41) is 11.4. The molecule has 1 amide bonds. The van der Waals surface area contributed by atoms with Crippen LogP contribution in [0.5, 0.6) is 0 Å². The van der Waals surface area contributed by atoms with E-state index in [-0.39, 0.29) is 12.1 Å². The fraction of sp³-hybridized carbons (Fsp3) is 0.400. The number of aliphatic hydroxyl groups excluding tert-OH is 1. The highest BCUT2D eigenvalue weighted by Crippen LogP contribution is 2.24. The Bertz CT molecular complexity index is 968. The molecular formula is C20H24F3N3O4S. The van der Waals surface area contributed by atoms with Crippen LogP contribution in [0.1, 0.15) is 31.2 Å². The van der Waals surface area contributed by atoms with E-state index in [4.69, 9.17) is 0 Å². The summed E-state index contributed by atoms with van der Waals surface area (Å²) in [5.41, 5.74) is 2.20. The first-order valence-electron chi connectivity index (χ1n) is 9.41. The minimum atomic E-state index is -3.40. The highest BCUT2D eigenvalue weighted by Gasteiger charge is 2.26. The molecule has 2 aromatic rings. The van der Waals surface area contributed by atoms with E-state index in [2.05, 4.69) is 9.71 Å². The average molecular weight is 459 g/mol. The molecule has 170 valence electrons. The van der Waals surface area contributed by atoms with Gasteiger partial charge in [-0.1, -0.05) is 30.3 Å². The Morgan fingerprint density at radius 1 is 1.10 bits per heavy atom. The van der Waals surface area contributed by atoms with Gasteiger partial charge in [0, 0.05) is 11.8 Å². The van der Waals surface area contributed by atoms with Gasteiger partial charge in [0.1, 0.15) is 12.8 Å². The molecule has 11 heteroatoms. The molecule has 0 saturated heterocycles. The summed E-state index contributed by atoms with van der Waals surface area (Å²) in [6.45, 7) is 1.98. The summed E-state index contributed by atoms with van der Waals surface area (Å²) in [4.78, 5) is 15.3. The number of nitrogens with zero attached hydrogens (tertiary/aromatic N) is 1. The molecule has 1 heterocycles. The number of aromatic nitrogens is 1. The van der Waals surface area contributed by atoms with Crippen LogP contribution >= 0.6 is 0 Å². The molecule has 0 radical (unpaired) electrons. The number of amides is 1. The Kier molecular flexibility index (Phi) is 8.54. The molecule has 0 aliphatic carbocycles. The molecule has 2 rings (SSSR count). The van der Waals surface area contributed by atoms with Gasteiger partial charge in [0.15, 0.2) is 0 Å². The molecule has 0 unspecified atom stereocenters. The van der Waals surface area contributed by atoms with Crippen LogP contribution in [0.15, 0.2) is 42.6 Å². The fourth-order valence-electron chi connectivity index (χ4n) is 2.59. The van der Waals surface area contributed by atoms with Gasteiger partial charge in [-0.15, -0.1) is 0 Å². The van der Waals surface area contributed by atoms with Gasteiger partial charge >= 0.3 is 6.43 Å². The van der Waals surface area contributed by atoms with Crippen molar-refractivity contribution in [3.05, 3.63) is 53.9 Å². The van der Waals surface area contributed by atoms with Crippen LogP contribution in [0.4, 0.5) is 13.2 Å². The second-order valence-corrected chi connectivity index (χ2v) is 9.41. The lowest BCUT2D eigenvalue weighted by Gasteiger charge is -2.22. The third kappa shape index (κ3) is 6.74. The highest BCUT2D eigenvalue weighted by molar-refractivity contribution is 7.90. The van der Waals surface area contributed by atoms with Crippen molar-refractivity contribution < 1.29 is 31.5 Å². The van der Waals surface area contributed by atoms with E-state index in [1.54, 1.807) is 49.6 Å². The molecule has 0 bridgehead atoms. The third-order valence-corrected chi connectivity index (χ3v) is 6.35. The van der Waals surface area contributed by atoms with Crippen molar-refractivity contribution in [1.29, 1.82) is 0 Å². The Labute approximate surface area is 178 Å². The van der Waals surface area contributed by atoms with Crippen LogP contribution in [0, 0.1) is 0 Å². The standard InChI is InChI=1S/C20H24F3N3O4S/c1-12(2)31(29,30)25-11-16-8-7-15(10-24-16)13-3-5-14(6-4-13)18(27)17(9-21)26-20(28)19(22)23/h3-8,10,12,17-19,25,27H,9,11H2,1-2H3,(H,26,28)/t17-,18+/m1/s1. The summed E-state index contributed by atoms with van der Waals surface area (Å²) >= 11 is 0. The van der Waals surface area contributed by atoms with E-state index >= 15 is 0 Å². The predicted molar refractivity (Wildman–Crippen MR) is 109 cm³/mol. The molecule has 7 nitrogen and oxygen atoms in total. The van der Waals surface area contributed by atoms with Crippen molar-refractivity contribution in [2.75, 3.05) is 6.67 Å².